The van der Waals surface area contributed by atoms with Crippen LogP contribution in [0.3, 0.4) is 0 Å². The van der Waals surface area contributed by atoms with Gasteiger partial charge in [0.25, 0.3) is 5.60 Å². The van der Waals surface area contributed by atoms with Crippen LogP contribution in [-0.4, -0.2) is 70.5 Å². The van der Waals surface area contributed by atoms with Crippen molar-refractivity contribution in [2.75, 3.05) is 26.2 Å². The van der Waals surface area contributed by atoms with E-state index in [1.165, 1.54) is 0 Å². The Hall–Kier alpha value is -3.48. The Bertz CT molecular complexity index is 1370. The molecule has 0 aliphatic carbocycles. The number of hydrogen-bond donors (Lipinski definition) is 1. The smallest absolute Gasteiger partial charge is 0.430 e. The van der Waals surface area contributed by atoms with Crippen LogP contribution in [0.25, 0.3) is 11.1 Å². The van der Waals surface area contributed by atoms with E-state index in [9.17, 15) is 36.2 Å². The molecule has 1 aliphatic heterocycles. The van der Waals surface area contributed by atoms with Gasteiger partial charge in [0.2, 0.25) is 0 Å². The topological polar surface area (TPSA) is 65.9 Å². The molecule has 1 atom stereocenters. The molecule has 4 rings (SSSR count). The summed E-state index contributed by atoms with van der Waals surface area (Å²) in [4.78, 5) is 20.9. The third kappa shape index (κ3) is 7.36. The second-order valence-electron chi connectivity index (χ2n) is 10.7. The number of alkyl halides is 6. The lowest BCUT2D eigenvalue weighted by atomic mass is 9.90. The van der Waals surface area contributed by atoms with Crippen molar-refractivity contribution in [1.29, 1.82) is 0 Å². The number of nitrogens with zero attached hydrogens (tertiary/aromatic N) is 3. The quantitative estimate of drug-likeness (QED) is 0.237. The summed E-state index contributed by atoms with van der Waals surface area (Å²) in [6, 6.07) is 13.0. The number of aliphatic hydroxyl groups is 1. The lowest BCUT2D eigenvalue weighted by Crippen LogP contribution is -2.53. The first kappa shape index (κ1) is 32.4. The molecule has 1 aliphatic rings. The number of ether oxygens (including phenoxy) is 1. The number of piperazine rings is 1. The molecule has 0 saturated carbocycles. The van der Waals surface area contributed by atoms with Gasteiger partial charge in [0.05, 0.1) is 13.0 Å². The number of pyridine rings is 1. The van der Waals surface area contributed by atoms with E-state index in [1.807, 2.05) is 31.2 Å². The Kier molecular flexibility index (Phi) is 9.83. The summed E-state index contributed by atoms with van der Waals surface area (Å²) in [6.45, 7) is 7.28. The summed E-state index contributed by atoms with van der Waals surface area (Å²) in [5.74, 6) is -0.260. The van der Waals surface area contributed by atoms with Crippen LogP contribution in [0, 0.1) is 6.92 Å². The van der Waals surface area contributed by atoms with Gasteiger partial charge >= 0.3 is 18.3 Å². The number of carbonyl (C=O) groups excluding carboxylic acids is 1. The first-order chi connectivity index (χ1) is 20.2. The van der Waals surface area contributed by atoms with Gasteiger partial charge in [0, 0.05) is 56.7 Å². The number of esters is 1. The Balaban J connectivity index is 1.48. The predicted octanol–water partition coefficient (Wildman–Crippen LogP) is 6.01. The normalized spacial score (nSPS) is 17.2. The number of carbonyl (C=O) groups is 1. The van der Waals surface area contributed by atoms with Crippen molar-refractivity contribution in [3.63, 3.8) is 0 Å². The van der Waals surface area contributed by atoms with E-state index in [0.29, 0.717) is 49.5 Å². The maximum absolute atomic E-state index is 13.2. The molecule has 1 N–H and O–H groups in total. The number of hydrogen-bond acceptors (Lipinski definition) is 6. The van der Waals surface area contributed by atoms with Crippen molar-refractivity contribution in [3.05, 3.63) is 89.2 Å². The molecule has 2 heterocycles. The monoisotopic (exact) mass is 609 g/mol. The summed E-state index contributed by atoms with van der Waals surface area (Å²) < 4.78 is 84.7. The SMILES string of the molecule is CCOC(=O)C[C@H]1CN(Cc2ccc(-c3ccc(C(O)(C(F)(F)F)C(F)(F)F)cc3)c(C)c2)CCN1Cc1ccncc1. The van der Waals surface area contributed by atoms with E-state index in [0.717, 1.165) is 41.9 Å². The molecule has 232 valence electrons. The fraction of sp³-hybridized carbons (Fsp3) is 0.419. The lowest BCUT2D eigenvalue weighted by Gasteiger charge is -2.41. The first-order valence-electron chi connectivity index (χ1n) is 13.8. The van der Waals surface area contributed by atoms with E-state index < -0.39 is 23.5 Å². The molecule has 1 aromatic heterocycles. The fourth-order valence-electron chi connectivity index (χ4n) is 5.42. The van der Waals surface area contributed by atoms with Gasteiger partial charge in [0.1, 0.15) is 0 Å². The van der Waals surface area contributed by atoms with E-state index in [1.54, 1.807) is 25.4 Å². The number of aromatic nitrogens is 1. The summed E-state index contributed by atoms with van der Waals surface area (Å²) in [6.07, 6.45) is -8.16. The van der Waals surface area contributed by atoms with Gasteiger partial charge in [-0.3, -0.25) is 19.6 Å². The molecule has 12 heteroatoms. The summed E-state index contributed by atoms with van der Waals surface area (Å²) in [7, 11) is 0. The standard InChI is InChI=1S/C31H33F6N3O3/c1-3-43-28(41)17-26-20-39(14-15-40(26)19-22-10-12-38-13-11-22)18-23-4-9-27(21(2)16-23)24-5-7-25(8-6-24)29(42,30(32,33)34)31(35,36)37/h4-13,16,26,42H,3,14-15,17-20H2,1-2H3/t26-/m0/s1. The average molecular weight is 610 g/mol. The fourth-order valence-corrected chi connectivity index (χ4v) is 5.42. The highest BCUT2D eigenvalue weighted by Crippen LogP contribution is 2.50. The van der Waals surface area contributed by atoms with Gasteiger partial charge in [0.15, 0.2) is 0 Å². The van der Waals surface area contributed by atoms with Crippen molar-refractivity contribution in [1.82, 2.24) is 14.8 Å². The highest BCUT2D eigenvalue weighted by Gasteiger charge is 2.71. The minimum atomic E-state index is -5.94. The lowest BCUT2D eigenvalue weighted by molar-refractivity contribution is -0.376. The molecule has 2 aromatic carbocycles. The molecule has 0 unspecified atom stereocenters. The van der Waals surface area contributed by atoms with Crippen LogP contribution in [0.4, 0.5) is 26.3 Å². The molecular weight excluding hydrogens is 576 g/mol. The van der Waals surface area contributed by atoms with Crippen molar-refractivity contribution in [3.8, 4) is 11.1 Å². The largest absolute Gasteiger partial charge is 0.466 e. The molecule has 1 fully saturated rings. The van der Waals surface area contributed by atoms with Gasteiger partial charge in [-0.05, 0) is 53.8 Å². The minimum absolute atomic E-state index is 0.0631. The van der Waals surface area contributed by atoms with Crippen LogP contribution >= 0.6 is 0 Å². The predicted molar refractivity (Wildman–Crippen MR) is 148 cm³/mol. The summed E-state index contributed by atoms with van der Waals surface area (Å²) in [5.41, 5.74) is -2.36. The van der Waals surface area contributed by atoms with Gasteiger partial charge in [-0.1, -0.05) is 42.5 Å². The number of aryl methyl sites for hydroxylation is 1. The van der Waals surface area contributed by atoms with Crippen LogP contribution in [0.2, 0.25) is 0 Å². The molecule has 3 aromatic rings. The van der Waals surface area contributed by atoms with E-state index in [2.05, 4.69) is 14.8 Å². The van der Waals surface area contributed by atoms with Crippen LogP contribution in [0.1, 0.15) is 35.6 Å². The average Bonchev–Trinajstić information content (AvgIpc) is 2.94. The van der Waals surface area contributed by atoms with E-state index >= 15 is 0 Å². The zero-order chi connectivity index (χ0) is 31.4. The summed E-state index contributed by atoms with van der Waals surface area (Å²) in [5, 5.41) is 9.66. The third-order valence-electron chi connectivity index (χ3n) is 7.66. The molecule has 0 radical (unpaired) electrons. The van der Waals surface area contributed by atoms with Crippen LogP contribution < -0.4 is 0 Å². The number of halogens is 6. The van der Waals surface area contributed by atoms with Crippen molar-refractivity contribution < 1.29 is 41.0 Å². The van der Waals surface area contributed by atoms with Gasteiger partial charge in [-0.2, -0.15) is 26.3 Å². The van der Waals surface area contributed by atoms with Gasteiger partial charge < -0.3 is 9.84 Å². The van der Waals surface area contributed by atoms with E-state index in [-0.39, 0.29) is 18.4 Å². The third-order valence-corrected chi connectivity index (χ3v) is 7.66. The Morgan fingerprint density at radius 3 is 2.16 bits per heavy atom. The molecule has 6 nitrogen and oxygen atoms in total. The van der Waals surface area contributed by atoms with Crippen LogP contribution in [-0.2, 0) is 28.2 Å². The highest BCUT2D eigenvalue weighted by atomic mass is 19.4. The zero-order valence-corrected chi connectivity index (χ0v) is 23.8. The van der Waals surface area contributed by atoms with Crippen LogP contribution in [0.5, 0.6) is 0 Å². The molecule has 0 amide bonds. The zero-order valence-electron chi connectivity index (χ0n) is 23.8. The highest BCUT2D eigenvalue weighted by molar-refractivity contribution is 5.70. The Morgan fingerprint density at radius 2 is 1.58 bits per heavy atom. The maximum Gasteiger partial charge on any atom is 0.430 e. The van der Waals surface area contributed by atoms with Gasteiger partial charge in [-0.15, -0.1) is 0 Å². The van der Waals surface area contributed by atoms with Gasteiger partial charge in [-0.25, -0.2) is 0 Å². The van der Waals surface area contributed by atoms with Crippen LogP contribution in [0.15, 0.2) is 67.0 Å². The van der Waals surface area contributed by atoms with E-state index in [4.69, 9.17) is 4.74 Å². The van der Waals surface area contributed by atoms with Crippen molar-refractivity contribution >= 4 is 5.97 Å². The molecular formula is C31H33F6N3O3. The van der Waals surface area contributed by atoms with Crippen molar-refractivity contribution in [2.24, 2.45) is 0 Å². The Labute approximate surface area is 245 Å². The number of rotatable bonds is 9. The second-order valence-corrected chi connectivity index (χ2v) is 10.7. The summed E-state index contributed by atoms with van der Waals surface area (Å²) >= 11 is 0. The minimum Gasteiger partial charge on any atom is -0.466 e. The molecule has 1 saturated heterocycles. The first-order valence-corrected chi connectivity index (χ1v) is 13.8. The maximum atomic E-state index is 13.2. The molecule has 0 spiro atoms. The van der Waals surface area contributed by atoms with Crippen molar-refractivity contribution in [2.45, 2.75) is 57.4 Å². The number of benzene rings is 2. The molecule has 0 bridgehead atoms. The Morgan fingerprint density at radius 1 is 0.930 bits per heavy atom. The molecule has 43 heavy (non-hydrogen) atoms. The second kappa shape index (κ2) is 13.0.